The number of rotatable bonds is 7. The number of tetrazole rings is 2. The van der Waals surface area contributed by atoms with Crippen LogP contribution in [0.3, 0.4) is 0 Å². The van der Waals surface area contributed by atoms with Gasteiger partial charge in [0.1, 0.15) is 0 Å². The second-order valence-corrected chi connectivity index (χ2v) is 5.49. The third-order valence-electron chi connectivity index (χ3n) is 3.44. The van der Waals surface area contributed by atoms with Crippen molar-refractivity contribution in [2.75, 3.05) is 0 Å². The van der Waals surface area contributed by atoms with E-state index in [9.17, 15) is 4.79 Å². The van der Waals surface area contributed by atoms with E-state index < -0.39 is 5.97 Å². The summed E-state index contributed by atoms with van der Waals surface area (Å²) in [5.41, 5.74) is 1.98. The third kappa shape index (κ3) is 4.22. The number of benzene rings is 1. The van der Waals surface area contributed by atoms with Crippen LogP contribution in [-0.4, -0.2) is 46.4 Å². The molecule has 0 radical (unpaired) electrons. The van der Waals surface area contributed by atoms with Gasteiger partial charge in [-0.25, -0.2) is 9.48 Å². The number of carbonyl (C=O) groups excluding carboxylic acids is 1. The SMILES string of the molecule is CCCn1nnnc1COC(=O)Cn1nnc(-c2ccc(C)cc2)n1. The molecule has 0 spiro atoms. The summed E-state index contributed by atoms with van der Waals surface area (Å²) in [6.45, 7) is 4.56. The number of ether oxygens (including phenoxy) is 1. The Labute approximate surface area is 143 Å². The van der Waals surface area contributed by atoms with E-state index in [2.05, 4.69) is 30.9 Å². The summed E-state index contributed by atoms with van der Waals surface area (Å²) in [6.07, 6.45) is 0.886. The normalized spacial score (nSPS) is 10.8. The monoisotopic (exact) mass is 342 g/mol. The first kappa shape index (κ1) is 16.7. The van der Waals surface area contributed by atoms with Crippen LogP contribution in [-0.2, 0) is 29.2 Å². The number of aryl methyl sites for hydroxylation is 2. The van der Waals surface area contributed by atoms with Crippen molar-refractivity contribution in [3.63, 3.8) is 0 Å². The van der Waals surface area contributed by atoms with Crippen molar-refractivity contribution < 1.29 is 9.53 Å². The van der Waals surface area contributed by atoms with Gasteiger partial charge in [-0.3, -0.25) is 0 Å². The third-order valence-corrected chi connectivity index (χ3v) is 3.44. The van der Waals surface area contributed by atoms with Crippen molar-refractivity contribution in [3.05, 3.63) is 35.7 Å². The highest BCUT2D eigenvalue weighted by Gasteiger charge is 2.12. The van der Waals surface area contributed by atoms with Crippen LogP contribution < -0.4 is 0 Å². The molecule has 0 bridgehead atoms. The topological polar surface area (TPSA) is 114 Å². The molecule has 25 heavy (non-hydrogen) atoms. The molecule has 0 saturated heterocycles. The van der Waals surface area contributed by atoms with Crippen molar-refractivity contribution in [2.45, 2.75) is 40.0 Å². The number of hydrogen-bond donors (Lipinski definition) is 0. The van der Waals surface area contributed by atoms with Crippen LogP contribution in [0.15, 0.2) is 24.3 Å². The quantitative estimate of drug-likeness (QED) is 0.579. The molecule has 0 saturated carbocycles. The molecule has 3 aromatic rings. The number of nitrogens with zero attached hydrogens (tertiary/aromatic N) is 8. The highest BCUT2D eigenvalue weighted by atomic mass is 16.5. The lowest BCUT2D eigenvalue weighted by Gasteiger charge is -2.04. The van der Waals surface area contributed by atoms with Crippen molar-refractivity contribution in [3.8, 4) is 11.4 Å². The fourth-order valence-electron chi connectivity index (χ4n) is 2.15. The predicted molar refractivity (Wildman–Crippen MR) is 85.9 cm³/mol. The van der Waals surface area contributed by atoms with E-state index >= 15 is 0 Å². The van der Waals surface area contributed by atoms with E-state index in [1.807, 2.05) is 38.1 Å². The molecule has 10 nitrogen and oxygen atoms in total. The van der Waals surface area contributed by atoms with E-state index in [0.29, 0.717) is 18.2 Å². The van der Waals surface area contributed by atoms with E-state index in [1.165, 1.54) is 4.80 Å². The van der Waals surface area contributed by atoms with Gasteiger partial charge in [0.2, 0.25) is 5.82 Å². The van der Waals surface area contributed by atoms with Crippen molar-refractivity contribution in [1.29, 1.82) is 0 Å². The van der Waals surface area contributed by atoms with Crippen molar-refractivity contribution in [1.82, 2.24) is 40.4 Å². The Morgan fingerprint density at radius 2 is 1.96 bits per heavy atom. The minimum atomic E-state index is -0.487. The van der Waals surface area contributed by atoms with Gasteiger partial charge >= 0.3 is 5.97 Å². The van der Waals surface area contributed by atoms with E-state index in [1.54, 1.807) is 4.68 Å². The molecule has 0 aliphatic heterocycles. The first-order valence-corrected chi connectivity index (χ1v) is 7.91. The van der Waals surface area contributed by atoms with Gasteiger partial charge in [-0.1, -0.05) is 36.8 Å². The van der Waals surface area contributed by atoms with Gasteiger partial charge < -0.3 is 4.74 Å². The minimum absolute atomic E-state index is 0.00531. The maximum absolute atomic E-state index is 11.9. The molecular formula is C15H18N8O2. The van der Waals surface area contributed by atoms with Crippen molar-refractivity contribution >= 4 is 5.97 Å². The smallest absolute Gasteiger partial charge is 0.330 e. The van der Waals surface area contributed by atoms with E-state index in [4.69, 9.17) is 4.74 Å². The van der Waals surface area contributed by atoms with Gasteiger partial charge in [0.15, 0.2) is 19.0 Å². The molecule has 10 heteroatoms. The average molecular weight is 342 g/mol. The number of carbonyl (C=O) groups is 1. The van der Waals surface area contributed by atoms with Crippen LogP contribution in [0.2, 0.25) is 0 Å². The van der Waals surface area contributed by atoms with Gasteiger partial charge in [-0.2, -0.15) is 4.80 Å². The van der Waals surface area contributed by atoms with Crippen LogP contribution in [0.1, 0.15) is 24.7 Å². The molecule has 0 amide bonds. The second kappa shape index (κ2) is 7.60. The summed E-state index contributed by atoms with van der Waals surface area (Å²) in [4.78, 5) is 13.1. The Morgan fingerprint density at radius 3 is 2.72 bits per heavy atom. The molecule has 3 rings (SSSR count). The fraction of sp³-hybridized carbons (Fsp3) is 0.400. The molecule has 130 valence electrons. The van der Waals surface area contributed by atoms with Gasteiger partial charge in [0.05, 0.1) is 0 Å². The molecule has 1 aromatic carbocycles. The lowest BCUT2D eigenvalue weighted by atomic mass is 10.1. The van der Waals surface area contributed by atoms with Gasteiger partial charge in [0, 0.05) is 12.1 Å². The average Bonchev–Trinajstić information content (AvgIpc) is 3.24. The maximum atomic E-state index is 11.9. The van der Waals surface area contributed by atoms with Crippen LogP contribution >= 0.6 is 0 Å². The molecule has 2 heterocycles. The standard InChI is InChI=1S/C15H18N8O2/c1-3-8-22-13(16-19-21-22)10-25-14(24)9-23-18-15(17-20-23)12-6-4-11(2)5-7-12/h4-7H,3,8-10H2,1-2H3. The van der Waals surface area contributed by atoms with Crippen LogP contribution in [0.25, 0.3) is 11.4 Å². The van der Waals surface area contributed by atoms with E-state index in [-0.39, 0.29) is 13.2 Å². The predicted octanol–water partition coefficient (Wildman–Crippen LogP) is 0.788. The number of esters is 1. The molecule has 0 N–H and O–H groups in total. The molecule has 0 unspecified atom stereocenters. The zero-order chi connectivity index (χ0) is 17.6. The summed E-state index contributed by atoms with van der Waals surface area (Å²) in [5, 5.41) is 23.3. The molecule has 0 atom stereocenters. The summed E-state index contributed by atoms with van der Waals surface area (Å²) in [5.74, 6) is 0.473. The Hall–Kier alpha value is -3.17. The first-order valence-electron chi connectivity index (χ1n) is 7.91. The van der Waals surface area contributed by atoms with Crippen molar-refractivity contribution in [2.24, 2.45) is 0 Å². The maximum Gasteiger partial charge on any atom is 0.330 e. The number of hydrogen-bond acceptors (Lipinski definition) is 8. The van der Waals surface area contributed by atoms with Crippen LogP contribution in [0.4, 0.5) is 0 Å². The number of aromatic nitrogens is 8. The second-order valence-electron chi connectivity index (χ2n) is 5.49. The first-order chi connectivity index (χ1) is 12.2. The molecule has 0 aliphatic rings. The lowest BCUT2D eigenvalue weighted by Crippen LogP contribution is -2.17. The van der Waals surface area contributed by atoms with E-state index in [0.717, 1.165) is 17.5 Å². The Balaban J connectivity index is 1.56. The van der Waals surface area contributed by atoms with Gasteiger partial charge in [-0.05, 0) is 29.0 Å². The lowest BCUT2D eigenvalue weighted by molar-refractivity contribution is -0.146. The van der Waals surface area contributed by atoms with Crippen LogP contribution in [0, 0.1) is 6.92 Å². The Kier molecular flexibility index (Phi) is 5.07. The zero-order valence-corrected chi connectivity index (χ0v) is 14.0. The van der Waals surface area contributed by atoms with Gasteiger partial charge in [-0.15, -0.1) is 15.3 Å². The summed E-state index contributed by atoms with van der Waals surface area (Å²) in [7, 11) is 0. The Morgan fingerprint density at radius 1 is 1.16 bits per heavy atom. The minimum Gasteiger partial charge on any atom is -0.456 e. The highest BCUT2D eigenvalue weighted by Crippen LogP contribution is 2.13. The summed E-state index contributed by atoms with van der Waals surface area (Å²) < 4.78 is 6.78. The molecule has 2 aromatic heterocycles. The van der Waals surface area contributed by atoms with Gasteiger partial charge in [0.25, 0.3) is 0 Å². The fourth-order valence-corrected chi connectivity index (χ4v) is 2.15. The summed E-state index contributed by atoms with van der Waals surface area (Å²) >= 11 is 0. The van der Waals surface area contributed by atoms with Crippen LogP contribution in [0.5, 0.6) is 0 Å². The molecular weight excluding hydrogens is 324 g/mol. The molecule has 0 fully saturated rings. The highest BCUT2D eigenvalue weighted by molar-refractivity contribution is 5.68. The zero-order valence-electron chi connectivity index (χ0n) is 14.0. The molecule has 0 aliphatic carbocycles. The summed E-state index contributed by atoms with van der Waals surface area (Å²) in [6, 6.07) is 7.74. The Bertz CT molecular complexity index is 839. The largest absolute Gasteiger partial charge is 0.456 e.